The fraction of sp³-hybridized carbons (Fsp3) is 1.00. The van der Waals surface area contributed by atoms with Gasteiger partial charge in [0.1, 0.15) is 0 Å². The number of hydrogen-bond acceptors (Lipinski definition) is 3. The van der Waals surface area contributed by atoms with Crippen molar-refractivity contribution in [2.24, 2.45) is 5.92 Å². The first kappa shape index (κ1) is 14.9. The number of nitrogens with one attached hydrogen (secondary N) is 1. The van der Waals surface area contributed by atoms with E-state index in [2.05, 4.69) is 19.2 Å². The van der Waals surface area contributed by atoms with E-state index >= 15 is 0 Å². The largest absolute Gasteiger partial charge is 0.383 e. The number of rotatable bonds is 8. The van der Waals surface area contributed by atoms with E-state index in [-0.39, 0.29) is 0 Å². The average molecular weight is 243 g/mol. The zero-order valence-electron chi connectivity index (χ0n) is 11.7. The Labute approximate surface area is 106 Å². The highest BCUT2D eigenvalue weighted by Crippen LogP contribution is 2.26. The number of ether oxygens (including phenoxy) is 2. The summed E-state index contributed by atoms with van der Waals surface area (Å²) >= 11 is 0. The minimum atomic E-state index is 0.342. The molecule has 3 atom stereocenters. The molecule has 0 aromatic rings. The fourth-order valence-electron chi connectivity index (χ4n) is 2.49. The minimum Gasteiger partial charge on any atom is -0.383 e. The summed E-state index contributed by atoms with van der Waals surface area (Å²) in [5.74, 6) is 0.720. The van der Waals surface area contributed by atoms with Crippen LogP contribution in [0.15, 0.2) is 0 Å². The maximum Gasteiger partial charge on any atom is 0.0646 e. The van der Waals surface area contributed by atoms with Crippen molar-refractivity contribution in [1.29, 1.82) is 0 Å². The van der Waals surface area contributed by atoms with Gasteiger partial charge in [0.25, 0.3) is 0 Å². The van der Waals surface area contributed by atoms with E-state index in [1.54, 1.807) is 7.11 Å². The molecule has 3 unspecified atom stereocenters. The van der Waals surface area contributed by atoms with Crippen LogP contribution in [0.25, 0.3) is 0 Å². The van der Waals surface area contributed by atoms with Crippen LogP contribution < -0.4 is 5.32 Å². The molecule has 17 heavy (non-hydrogen) atoms. The maximum absolute atomic E-state index is 6.06. The fourth-order valence-corrected chi connectivity index (χ4v) is 2.49. The summed E-state index contributed by atoms with van der Waals surface area (Å²) in [6, 6.07) is 0.342. The third-order valence-electron chi connectivity index (χ3n) is 3.60. The molecule has 3 heteroatoms. The van der Waals surface area contributed by atoms with Gasteiger partial charge in [0.05, 0.1) is 25.4 Å². The Morgan fingerprint density at radius 2 is 2.00 bits per heavy atom. The Kier molecular flexibility index (Phi) is 7.82. The molecule has 0 aromatic carbocycles. The zero-order chi connectivity index (χ0) is 12.5. The third-order valence-corrected chi connectivity index (χ3v) is 3.60. The molecule has 1 aliphatic rings. The molecule has 0 spiro atoms. The number of hydrogen-bond donors (Lipinski definition) is 1. The van der Waals surface area contributed by atoms with E-state index in [0.29, 0.717) is 12.1 Å². The van der Waals surface area contributed by atoms with Crippen molar-refractivity contribution in [3.8, 4) is 0 Å². The average Bonchev–Trinajstić information content (AvgIpc) is 2.34. The molecule has 1 rings (SSSR count). The summed E-state index contributed by atoms with van der Waals surface area (Å²) < 4.78 is 11.3. The van der Waals surface area contributed by atoms with Crippen LogP contribution in [0.1, 0.15) is 46.0 Å². The van der Waals surface area contributed by atoms with Crippen molar-refractivity contribution < 1.29 is 9.47 Å². The van der Waals surface area contributed by atoms with Crippen molar-refractivity contribution in [2.75, 3.05) is 26.9 Å². The Morgan fingerprint density at radius 1 is 1.24 bits per heavy atom. The Bertz CT molecular complexity index is 187. The highest BCUT2D eigenvalue weighted by atomic mass is 16.5. The van der Waals surface area contributed by atoms with Gasteiger partial charge in [0, 0.05) is 7.11 Å². The number of methoxy groups -OCH3 is 1. The van der Waals surface area contributed by atoms with Crippen LogP contribution in [0.3, 0.4) is 0 Å². The van der Waals surface area contributed by atoms with E-state index < -0.39 is 0 Å². The van der Waals surface area contributed by atoms with E-state index in [9.17, 15) is 0 Å². The second-order valence-corrected chi connectivity index (χ2v) is 5.24. The molecule has 1 N–H and O–H groups in total. The lowest BCUT2D eigenvalue weighted by molar-refractivity contribution is -0.0238. The molecule has 0 bridgehead atoms. The second kappa shape index (κ2) is 8.90. The molecule has 0 amide bonds. The lowest BCUT2D eigenvalue weighted by Gasteiger charge is -2.30. The quantitative estimate of drug-likeness (QED) is 0.711. The van der Waals surface area contributed by atoms with E-state index in [4.69, 9.17) is 9.47 Å². The lowest BCUT2D eigenvalue weighted by atomic mass is 9.88. The van der Waals surface area contributed by atoms with Crippen molar-refractivity contribution in [3.05, 3.63) is 0 Å². The first-order chi connectivity index (χ1) is 8.27. The van der Waals surface area contributed by atoms with E-state index in [1.807, 2.05) is 0 Å². The Morgan fingerprint density at radius 3 is 2.65 bits per heavy atom. The van der Waals surface area contributed by atoms with Gasteiger partial charge in [-0.25, -0.2) is 0 Å². The SMILES string of the molecule is CCCNC(COC)COC1CCCCC1C. The molecule has 1 aliphatic carbocycles. The van der Waals surface area contributed by atoms with Gasteiger partial charge >= 0.3 is 0 Å². The minimum absolute atomic E-state index is 0.342. The Balaban J connectivity index is 2.23. The summed E-state index contributed by atoms with van der Waals surface area (Å²) in [5, 5.41) is 3.47. The van der Waals surface area contributed by atoms with Gasteiger partial charge in [-0.1, -0.05) is 26.7 Å². The standard InChI is InChI=1S/C14H29NO2/c1-4-9-15-13(10-16-3)11-17-14-8-6-5-7-12(14)2/h12-15H,4-11H2,1-3H3. The van der Waals surface area contributed by atoms with Crippen molar-refractivity contribution in [1.82, 2.24) is 5.32 Å². The van der Waals surface area contributed by atoms with Crippen LogP contribution in [-0.2, 0) is 9.47 Å². The van der Waals surface area contributed by atoms with Crippen LogP contribution in [0.2, 0.25) is 0 Å². The first-order valence-corrected chi connectivity index (χ1v) is 7.11. The van der Waals surface area contributed by atoms with Gasteiger partial charge < -0.3 is 14.8 Å². The van der Waals surface area contributed by atoms with Gasteiger partial charge in [0.2, 0.25) is 0 Å². The normalized spacial score (nSPS) is 27.0. The molecule has 0 saturated heterocycles. The molecule has 0 heterocycles. The molecule has 0 aliphatic heterocycles. The van der Waals surface area contributed by atoms with Crippen LogP contribution in [0.4, 0.5) is 0 Å². The topological polar surface area (TPSA) is 30.5 Å². The second-order valence-electron chi connectivity index (χ2n) is 5.24. The van der Waals surface area contributed by atoms with E-state index in [0.717, 1.165) is 32.1 Å². The van der Waals surface area contributed by atoms with E-state index in [1.165, 1.54) is 25.7 Å². The molecular formula is C14H29NO2. The van der Waals surface area contributed by atoms with Gasteiger partial charge in [-0.05, 0) is 31.7 Å². The molecule has 0 aromatic heterocycles. The highest BCUT2D eigenvalue weighted by Gasteiger charge is 2.22. The molecule has 1 saturated carbocycles. The maximum atomic E-state index is 6.06. The summed E-state index contributed by atoms with van der Waals surface area (Å²) in [4.78, 5) is 0. The van der Waals surface area contributed by atoms with Crippen molar-refractivity contribution >= 4 is 0 Å². The summed E-state index contributed by atoms with van der Waals surface area (Å²) in [7, 11) is 1.75. The van der Waals surface area contributed by atoms with Crippen LogP contribution >= 0.6 is 0 Å². The summed E-state index contributed by atoms with van der Waals surface area (Å²) in [5.41, 5.74) is 0. The first-order valence-electron chi connectivity index (χ1n) is 7.11. The smallest absolute Gasteiger partial charge is 0.0646 e. The van der Waals surface area contributed by atoms with Crippen LogP contribution in [-0.4, -0.2) is 39.0 Å². The summed E-state index contributed by atoms with van der Waals surface area (Å²) in [6.07, 6.45) is 6.87. The molecule has 0 radical (unpaired) electrons. The van der Waals surface area contributed by atoms with Crippen molar-refractivity contribution in [3.63, 3.8) is 0 Å². The monoisotopic (exact) mass is 243 g/mol. The predicted octanol–water partition coefficient (Wildman–Crippen LogP) is 2.60. The van der Waals surface area contributed by atoms with Crippen LogP contribution in [0, 0.1) is 5.92 Å². The molecule has 1 fully saturated rings. The lowest BCUT2D eigenvalue weighted by Crippen LogP contribution is -2.40. The molecule has 102 valence electrons. The Hall–Kier alpha value is -0.120. The van der Waals surface area contributed by atoms with Gasteiger partial charge in [-0.3, -0.25) is 0 Å². The summed E-state index contributed by atoms with van der Waals surface area (Å²) in [6.45, 7) is 7.05. The zero-order valence-corrected chi connectivity index (χ0v) is 11.7. The van der Waals surface area contributed by atoms with Gasteiger partial charge in [-0.15, -0.1) is 0 Å². The molecular weight excluding hydrogens is 214 g/mol. The highest BCUT2D eigenvalue weighted by molar-refractivity contribution is 4.74. The third kappa shape index (κ3) is 5.84. The molecule has 3 nitrogen and oxygen atoms in total. The van der Waals surface area contributed by atoms with Gasteiger partial charge in [0.15, 0.2) is 0 Å². The van der Waals surface area contributed by atoms with Crippen molar-refractivity contribution in [2.45, 2.75) is 58.1 Å². The van der Waals surface area contributed by atoms with Gasteiger partial charge in [-0.2, -0.15) is 0 Å². The van der Waals surface area contributed by atoms with Crippen LogP contribution in [0.5, 0.6) is 0 Å². The predicted molar refractivity (Wildman–Crippen MR) is 71.3 cm³/mol.